The molecule has 1 heterocycles. The zero-order valence-electron chi connectivity index (χ0n) is 11.1. The second kappa shape index (κ2) is 5.40. The normalized spacial score (nSPS) is 26.4. The van der Waals surface area contributed by atoms with Crippen molar-refractivity contribution in [3.63, 3.8) is 0 Å². The van der Waals surface area contributed by atoms with E-state index in [1.807, 2.05) is 6.92 Å². The second-order valence-electron chi connectivity index (χ2n) is 5.44. The van der Waals surface area contributed by atoms with Crippen LogP contribution in [0.3, 0.4) is 0 Å². The van der Waals surface area contributed by atoms with Gasteiger partial charge in [-0.2, -0.15) is 0 Å². The number of nitrogens with one attached hydrogen (secondary N) is 2. The molecule has 0 spiro atoms. The highest BCUT2D eigenvalue weighted by molar-refractivity contribution is 5.34. The zero-order valence-corrected chi connectivity index (χ0v) is 11.1. The van der Waals surface area contributed by atoms with Crippen LogP contribution < -0.4 is 27.8 Å². The van der Waals surface area contributed by atoms with Crippen LogP contribution in [0.25, 0.3) is 0 Å². The molecule has 0 saturated carbocycles. The molecule has 8 N–H and O–H groups in total. The Balaban J connectivity index is 2.00. The van der Waals surface area contributed by atoms with Gasteiger partial charge in [0, 0.05) is 30.7 Å². The first-order chi connectivity index (χ1) is 8.50. The van der Waals surface area contributed by atoms with Crippen molar-refractivity contribution in [3.05, 3.63) is 23.4 Å². The molecule has 0 radical (unpaired) electrons. The van der Waals surface area contributed by atoms with Gasteiger partial charge in [-0.25, -0.2) is 0 Å². The van der Waals surface area contributed by atoms with Crippen LogP contribution in [-0.2, 0) is 0 Å². The first-order valence-corrected chi connectivity index (χ1v) is 6.64. The third kappa shape index (κ3) is 2.59. The highest BCUT2D eigenvalue weighted by Crippen LogP contribution is 2.32. The van der Waals surface area contributed by atoms with Gasteiger partial charge in [0.05, 0.1) is 12.2 Å². The molecule has 3 unspecified atom stereocenters. The molecule has 0 bridgehead atoms. The lowest BCUT2D eigenvalue weighted by Crippen LogP contribution is -2.53. The van der Waals surface area contributed by atoms with Crippen molar-refractivity contribution in [2.24, 2.45) is 23.1 Å². The molecule has 2 aliphatic rings. The van der Waals surface area contributed by atoms with Crippen molar-refractivity contribution in [2.75, 3.05) is 13.1 Å². The predicted octanol–water partition coefficient (Wildman–Crippen LogP) is -0.641. The second-order valence-corrected chi connectivity index (χ2v) is 5.44. The Morgan fingerprint density at radius 1 is 1.39 bits per heavy atom. The molecule has 0 aromatic heterocycles. The van der Waals surface area contributed by atoms with E-state index in [0.29, 0.717) is 6.04 Å². The number of hydrogen-bond donors (Lipinski definition) is 5. The Kier molecular flexibility index (Phi) is 4.07. The summed E-state index contributed by atoms with van der Waals surface area (Å²) in [5, 5.41) is 6.87. The molecule has 1 aliphatic carbocycles. The van der Waals surface area contributed by atoms with Crippen molar-refractivity contribution in [2.45, 2.75) is 38.0 Å². The van der Waals surface area contributed by atoms with E-state index >= 15 is 0 Å². The lowest BCUT2D eigenvalue weighted by atomic mass is 9.80. The maximum atomic E-state index is 5.93. The number of nitrogens with two attached hydrogens (primary N) is 3. The van der Waals surface area contributed by atoms with Crippen molar-refractivity contribution >= 4 is 0 Å². The van der Waals surface area contributed by atoms with Gasteiger partial charge in [0.1, 0.15) is 0 Å². The first kappa shape index (κ1) is 13.5. The van der Waals surface area contributed by atoms with E-state index in [0.717, 1.165) is 18.8 Å². The topological polar surface area (TPSA) is 102 Å². The van der Waals surface area contributed by atoms with E-state index in [9.17, 15) is 0 Å². The van der Waals surface area contributed by atoms with E-state index < -0.39 is 6.17 Å². The Morgan fingerprint density at radius 2 is 2.11 bits per heavy atom. The van der Waals surface area contributed by atoms with Gasteiger partial charge in [-0.1, -0.05) is 12.2 Å². The maximum absolute atomic E-state index is 5.93. The van der Waals surface area contributed by atoms with E-state index in [2.05, 4.69) is 17.2 Å². The van der Waals surface area contributed by atoms with Gasteiger partial charge in [-0.3, -0.25) is 0 Å². The monoisotopic (exact) mass is 251 g/mol. The fraction of sp³-hybridized carbons (Fsp3) is 0.692. The number of rotatable bonds is 5. The molecule has 2 rings (SSSR count). The van der Waals surface area contributed by atoms with Crippen LogP contribution in [-0.4, -0.2) is 31.3 Å². The average Bonchev–Trinajstić information content (AvgIpc) is 2.19. The van der Waals surface area contributed by atoms with Gasteiger partial charge >= 0.3 is 0 Å². The molecule has 0 saturated heterocycles. The Bertz CT molecular complexity index is 350. The molecular weight excluding hydrogens is 226 g/mol. The minimum Gasteiger partial charge on any atom is -0.381 e. The summed E-state index contributed by atoms with van der Waals surface area (Å²) >= 11 is 0. The summed E-state index contributed by atoms with van der Waals surface area (Å²) in [6, 6.07) is 0.228. The molecule has 0 aromatic rings. The molecular formula is C13H25N5. The Hall–Kier alpha value is -0.880. The molecule has 1 aliphatic heterocycles. The van der Waals surface area contributed by atoms with Crippen molar-refractivity contribution < 1.29 is 0 Å². The van der Waals surface area contributed by atoms with Gasteiger partial charge in [0.25, 0.3) is 0 Å². The van der Waals surface area contributed by atoms with Crippen LogP contribution in [0.15, 0.2) is 23.4 Å². The zero-order chi connectivity index (χ0) is 13.3. The highest BCUT2D eigenvalue weighted by Gasteiger charge is 2.30. The van der Waals surface area contributed by atoms with Gasteiger partial charge in [-0.05, 0) is 25.3 Å². The lowest BCUT2D eigenvalue weighted by Gasteiger charge is -2.39. The predicted molar refractivity (Wildman–Crippen MR) is 74.5 cm³/mol. The molecule has 5 nitrogen and oxygen atoms in total. The summed E-state index contributed by atoms with van der Waals surface area (Å²) < 4.78 is 0. The number of hydrogen-bond acceptors (Lipinski definition) is 5. The van der Waals surface area contributed by atoms with Crippen LogP contribution in [0.1, 0.15) is 19.8 Å². The highest BCUT2D eigenvalue weighted by atomic mass is 15.0. The fourth-order valence-corrected chi connectivity index (χ4v) is 2.92. The lowest BCUT2D eigenvalue weighted by molar-refractivity contribution is 0.382. The van der Waals surface area contributed by atoms with E-state index in [-0.39, 0.29) is 12.0 Å². The molecule has 0 aromatic carbocycles. The van der Waals surface area contributed by atoms with Gasteiger partial charge < -0.3 is 27.8 Å². The summed E-state index contributed by atoms with van der Waals surface area (Å²) in [5.74, 6) is -0.101. The summed E-state index contributed by atoms with van der Waals surface area (Å²) in [5.41, 5.74) is 21.4. The van der Waals surface area contributed by atoms with E-state index in [1.165, 1.54) is 18.4 Å². The Labute approximate surface area is 109 Å². The molecule has 0 amide bonds. The minimum atomic E-state index is -0.476. The third-order valence-corrected chi connectivity index (χ3v) is 4.00. The van der Waals surface area contributed by atoms with Crippen LogP contribution in [0.2, 0.25) is 0 Å². The van der Waals surface area contributed by atoms with Crippen molar-refractivity contribution in [1.82, 2.24) is 10.6 Å². The molecule has 18 heavy (non-hydrogen) atoms. The quantitative estimate of drug-likeness (QED) is 0.330. The molecule has 3 atom stereocenters. The van der Waals surface area contributed by atoms with Crippen molar-refractivity contribution in [3.8, 4) is 0 Å². The summed E-state index contributed by atoms with van der Waals surface area (Å²) in [7, 11) is 0. The van der Waals surface area contributed by atoms with Crippen LogP contribution in [0, 0.1) is 5.92 Å². The molecule has 102 valence electrons. The van der Waals surface area contributed by atoms with Crippen LogP contribution in [0.4, 0.5) is 0 Å². The average molecular weight is 251 g/mol. The molecule has 5 heteroatoms. The van der Waals surface area contributed by atoms with Gasteiger partial charge in [0.15, 0.2) is 0 Å². The fourth-order valence-electron chi connectivity index (χ4n) is 2.92. The minimum absolute atomic E-state index is 0.101. The third-order valence-electron chi connectivity index (χ3n) is 4.00. The first-order valence-electron chi connectivity index (χ1n) is 6.64. The summed E-state index contributed by atoms with van der Waals surface area (Å²) in [6.07, 6.45) is 1.94. The summed E-state index contributed by atoms with van der Waals surface area (Å²) in [4.78, 5) is 0. The SMILES string of the molecule is C=C(NC1CNCC2=C1CC2)C(C(C)N)C(N)N. The van der Waals surface area contributed by atoms with Crippen LogP contribution >= 0.6 is 0 Å². The van der Waals surface area contributed by atoms with Crippen molar-refractivity contribution in [1.29, 1.82) is 0 Å². The van der Waals surface area contributed by atoms with Gasteiger partial charge in [0.2, 0.25) is 0 Å². The Morgan fingerprint density at radius 3 is 2.61 bits per heavy atom. The van der Waals surface area contributed by atoms with Crippen LogP contribution in [0.5, 0.6) is 0 Å². The standard InChI is InChI=1S/C13H25N5/c1-7(14)12(13(15)16)8(2)18-11-6-17-5-9-3-4-10(9)11/h7,11-13,17-18H,2-6,14-16H2,1H3. The largest absolute Gasteiger partial charge is 0.381 e. The van der Waals surface area contributed by atoms with E-state index in [4.69, 9.17) is 17.2 Å². The van der Waals surface area contributed by atoms with E-state index in [1.54, 1.807) is 5.57 Å². The molecule has 0 fully saturated rings. The smallest absolute Gasteiger partial charge is 0.0620 e. The summed E-state index contributed by atoms with van der Waals surface area (Å²) in [6.45, 7) is 7.96. The maximum Gasteiger partial charge on any atom is 0.0620 e. The van der Waals surface area contributed by atoms with Gasteiger partial charge in [-0.15, -0.1) is 0 Å².